The van der Waals surface area contributed by atoms with Crippen molar-refractivity contribution in [3.05, 3.63) is 24.0 Å². The molecule has 0 radical (unpaired) electrons. The normalized spacial score (nSPS) is 29.7. The summed E-state index contributed by atoms with van der Waals surface area (Å²) < 4.78 is 0. The first-order chi connectivity index (χ1) is 12.5. The van der Waals surface area contributed by atoms with Crippen LogP contribution in [0.4, 0.5) is 0 Å². The van der Waals surface area contributed by atoms with E-state index in [2.05, 4.69) is 9.88 Å². The Morgan fingerprint density at radius 3 is 2.58 bits per heavy atom. The minimum Gasteiger partial charge on any atom is -0.505 e. The average Bonchev–Trinajstić information content (AvgIpc) is 3.18. The summed E-state index contributed by atoms with van der Waals surface area (Å²) in [5.74, 6) is -1.44. The number of aromatic hydroxyl groups is 1. The molecule has 2 atom stereocenters. The van der Waals surface area contributed by atoms with Gasteiger partial charge in [-0.1, -0.05) is 19.3 Å². The minimum atomic E-state index is -0.905. The van der Waals surface area contributed by atoms with Crippen molar-refractivity contribution >= 4 is 11.9 Å². The highest BCUT2D eigenvalue weighted by molar-refractivity contribution is 5.95. The quantitative estimate of drug-likeness (QED) is 0.851. The molecule has 3 fully saturated rings. The Balaban J connectivity index is 1.53. The Hall–Kier alpha value is -2.15. The summed E-state index contributed by atoms with van der Waals surface area (Å²) in [6, 6.07) is 3.47. The summed E-state index contributed by atoms with van der Waals surface area (Å²) in [6.45, 7) is 1.83. The van der Waals surface area contributed by atoms with Crippen LogP contribution >= 0.6 is 0 Å². The van der Waals surface area contributed by atoms with Gasteiger partial charge in [-0.2, -0.15) is 0 Å². The van der Waals surface area contributed by atoms with Crippen molar-refractivity contribution in [3.8, 4) is 5.75 Å². The highest BCUT2D eigenvalue weighted by Crippen LogP contribution is 2.45. The Labute approximate surface area is 152 Å². The SMILES string of the molecule is O=C(c1ncccc1O)N1C[C@@H]2CN(C3CCCCC3)C[C@]2(C(=O)O)C1. The van der Waals surface area contributed by atoms with E-state index >= 15 is 0 Å². The van der Waals surface area contributed by atoms with Gasteiger partial charge in [0.25, 0.3) is 5.91 Å². The number of hydrogen-bond donors (Lipinski definition) is 2. The van der Waals surface area contributed by atoms with E-state index in [4.69, 9.17) is 0 Å². The first-order valence-corrected chi connectivity index (χ1v) is 9.42. The van der Waals surface area contributed by atoms with Crippen LogP contribution in [0.5, 0.6) is 5.75 Å². The monoisotopic (exact) mass is 359 g/mol. The third-order valence-corrected chi connectivity index (χ3v) is 6.43. The number of carboxylic acid groups (broad SMARTS) is 1. The third kappa shape index (κ3) is 2.74. The summed E-state index contributed by atoms with van der Waals surface area (Å²) in [7, 11) is 0. The first-order valence-electron chi connectivity index (χ1n) is 9.42. The van der Waals surface area contributed by atoms with E-state index in [1.54, 1.807) is 11.0 Å². The number of carbonyl (C=O) groups excluding carboxylic acids is 1. The standard InChI is InChI=1S/C19H25N3O4/c23-15-7-4-8-20-16(15)17(24)22-10-13-9-21(14-5-2-1-3-6-14)11-19(13,12-22)18(25)26/h4,7-8,13-14,23H,1-3,5-6,9-12H2,(H,25,26)/t13-,19-/m0/s1. The number of carbonyl (C=O) groups is 2. The number of aliphatic carboxylic acids is 1. The van der Waals surface area contributed by atoms with Crippen molar-refractivity contribution in [2.24, 2.45) is 11.3 Å². The lowest BCUT2D eigenvalue weighted by Crippen LogP contribution is -2.44. The van der Waals surface area contributed by atoms with Gasteiger partial charge in [0.05, 0.1) is 0 Å². The highest BCUT2D eigenvalue weighted by atomic mass is 16.4. The van der Waals surface area contributed by atoms with E-state index in [1.807, 2.05) is 0 Å². The van der Waals surface area contributed by atoms with E-state index in [0.29, 0.717) is 19.1 Å². The number of aromatic nitrogens is 1. The number of fused-ring (bicyclic) bond motifs is 1. The molecule has 2 aliphatic heterocycles. The fourth-order valence-electron chi connectivity index (χ4n) is 5.00. The zero-order valence-electron chi connectivity index (χ0n) is 14.8. The summed E-state index contributed by atoms with van der Waals surface area (Å²) in [6.07, 6.45) is 7.46. The van der Waals surface area contributed by atoms with Crippen LogP contribution in [0.3, 0.4) is 0 Å². The number of nitrogens with zero attached hydrogens (tertiary/aromatic N) is 3. The van der Waals surface area contributed by atoms with Gasteiger partial charge in [0.1, 0.15) is 11.2 Å². The maximum absolute atomic E-state index is 12.7. The van der Waals surface area contributed by atoms with Gasteiger partial charge in [0.2, 0.25) is 0 Å². The van der Waals surface area contributed by atoms with Gasteiger partial charge in [-0.3, -0.25) is 14.5 Å². The smallest absolute Gasteiger partial charge is 0.313 e. The molecule has 2 N–H and O–H groups in total. The molecule has 0 unspecified atom stereocenters. The molecule has 4 rings (SSSR count). The molecule has 0 spiro atoms. The number of carboxylic acids is 1. The van der Waals surface area contributed by atoms with Gasteiger partial charge in [-0.15, -0.1) is 0 Å². The molecule has 7 nitrogen and oxygen atoms in total. The van der Waals surface area contributed by atoms with Crippen molar-refractivity contribution in [1.82, 2.24) is 14.8 Å². The van der Waals surface area contributed by atoms with Crippen LogP contribution in [0.2, 0.25) is 0 Å². The second kappa shape index (κ2) is 6.54. The second-order valence-electron chi connectivity index (χ2n) is 7.94. The lowest BCUT2D eigenvalue weighted by molar-refractivity contribution is -0.148. The van der Waals surface area contributed by atoms with Gasteiger partial charge in [-0.05, 0) is 25.0 Å². The molecule has 7 heteroatoms. The van der Waals surface area contributed by atoms with E-state index in [1.165, 1.54) is 31.5 Å². The van der Waals surface area contributed by atoms with Gasteiger partial charge in [0, 0.05) is 44.3 Å². The number of likely N-dealkylation sites (tertiary alicyclic amines) is 2. The van der Waals surface area contributed by atoms with E-state index in [-0.39, 0.29) is 29.8 Å². The first kappa shape index (κ1) is 17.3. The number of pyridine rings is 1. The molecule has 1 aromatic heterocycles. The Morgan fingerprint density at radius 2 is 1.92 bits per heavy atom. The minimum absolute atomic E-state index is 0.00264. The molecule has 1 amide bonds. The van der Waals surface area contributed by atoms with Crippen molar-refractivity contribution in [2.45, 2.75) is 38.1 Å². The number of hydrogen-bond acceptors (Lipinski definition) is 5. The molecule has 26 heavy (non-hydrogen) atoms. The molecule has 2 saturated heterocycles. The lowest BCUT2D eigenvalue weighted by Gasteiger charge is -2.33. The maximum atomic E-state index is 12.7. The summed E-state index contributed by atoms with van der Waals surface area (Å²) in [5, 5.41) is 19.9. The van der Waals surface area contributed by atoms with Gasteiger partial charge in [0.15, 0.2) is 5.69 Å². The van der Waals surface area contributed by atoms with Gasteiger partial charge < -0.3 is 15.1 Å². The lowest BCUT2D eigenvalue weighted by atomic mass is 9.81. The van der Waals surface area contributed by atoms with Crippen molar-refractivity contribution < 1.29 is 19.8 Å². The Kier molecular flexibility index (Phi) is 4.34. The zero-order valence-corrected chi connectivity index (χ0v) is 14.8. The number of amides is 1. The summed E-state index contributed by atoms with van der Waals surface area (Å²) in [4.78, 5) is 32.8. The average molecular weight is 359 g/mol. The zero-order chi connectivity index (χ0) is 18.3. The fraction of sp³-hybridized carbons (Fsp3) is 0.632. The van der Waals surface area contributed by atoms with E-state index in [9.17, 15) is 19.8 Å². The van der Waals surface area contributed by atoms with E-state index in [0.717, 1.165) is 19.4 Å². The maximum Gasteiger partial charge on any atom is 0.313 e. The van der Waals surface area contributed by atoms with Gasteiger partial charge in [-0.25, -0.2) is 4.98 Å². The summed E-state index contributed by atoms with van der Waals surface area (Å²) >= 11 is 0. The van der Waals surface area contributed by atoms with Crippen LogP contribution in [0, 0.1) is 11.3 Å². The van der Waals surface area contributed by atoms with Gasteiger partial charge >= 0.3 is 5.97 Å². The van der Waals surface area contributed by atoms with Crippen LogP contribution < -0.4 is 0 Å². The molecule has 1 saturated carbocycles. The Morgan fingerprint density at radius 1 is 1.15 bits per heavy atom. The van der Waals surface area contributed by atoms with Crippen LogP contribution in [-0.2, 0) is 4.79 Å². The molecule has 140 valence electrons. The van der Waals surface area contributed by atoms with Crippen LogP contribution in [0.1, 0.15) is 42.6 Å². The molecule has 1 aliphatic carbocycles. The predicted octanol–water partition coefficient (Wildman–Crippen LogP) is 1.58. The van der Waals surface area contributed by atoms with E-state index < -0.39 is 11.4 Å². The topological polar surface area (TPSA) is 94.0 Å². The highest BCUT2D eigenvalue weighted by Gasteiger charge is 2.59. The third-order valence-electron chi connectivity index (χ3n) is 6.43. The molecule has 3 heterocycles. The van der Waals surface area contributed by atoms with Crippen molar-refractivity contribution in [2.75, 3.05) is 26.2 Å². The molecule has 1 aromatic rings. The molecule has 3 aliphatic rings. The molecule has 0 bridgehead atoms. The molecular formula is C19H25N3O4. The van der Waals surface area contributed by atoms with Crippen molar-refractivity contribution in [3.63, 3.8) is 0 Å². The summed E-state index contributed by atoms with van der Waals surface area (Å²) in [5.41, 5.74) is -0.908. The number of rotatable bonds is 3. The largest absolute Gasteiger partial charge is 0.505 e. The fourth-order valence-corrected chi connectivity index (χ4v) is 5.00. The molecular weight excluding hydrogens is 334 g/mol. The predicted molar refractivity (Wildman–Crippen MR) is 93.8 cm³/mol. The van der Waals surface area contributed by atoms with Crippen LogP contribution in [-0.4, -0.2) is 69.1 Å². The Bertz CT molecular complexity index is 718. The van der Waals surface area contributed by atoms with Crippen LogP contribution in [0.25, 0.3) is 0 Å². The molecule has 0 aromatic carbocycles. The van der Waals surface area contributed by atoms with Crippen LogP contribution in [0.15, 0.2) is 18.3 Å². The van der Waals surface area contributed by atoms with Crippen molar-refractivity contribution in [1.29, 1.82) is 0 Å². The second-order valence-corrected chi connectivity index (χ2v) is 7.94.